The van der Waals surface area contributed by atoms with Crippen LogP contribution in [0.1, 0.15) is 18.7 Å². The number of alkyl halides is 1. The van der Waals surface area contributed by atoms with Crippen molar-refractivity contribution in [2.75, 3.05) is 6.61 Å². The van der Waals surface area contributed by atoms with Gasteiger partial charge in [0.1, 0.15) is 30.1 Å². The van der Waals surface area contributed by atoms with Gasteiger partial charge in [-0.2, -0.15) is 0 Å². The number of aliphatic hydroxyl groups is 2. The highest BCUT2D eigenvalue weighted by atomic mass is 35.5. The number of aliphatic hydroxyl groups excluding tert-OH is 2. The molecule has 1 saturated heterocycles. The molecule has 3 N–H and O–H groups in total. The number of hydrogen-bond acceptors (Lipinski definition) is 9. The van der Waals surface area contributed by atoms with Gasteiger partial charge in [0.25, 0.3) is 11.4 Å². The zero-order chi connectivity index (χ0) is 24.2. The Hall–Kier alpha value is -2.07. The predicted octanol–water partition coefficient (Wildman–Crippen LogP) is 2.19. The molecule has 1 unspecified atom stereocenters. The number of aromatic nitrogens is 2. The SMILES string of the molecule is [2H][C@@]1(n2cc(C#C)c(=O)[nH]c2=S)O[C@](F)(COP2(=O)OCc3cc(Cl)ccc3O2)[C@@H](O)[C@H]1O. The minimum absolute atomic E-state index is 0.131. The maximum Gasteiger partial charge on any atom is 0.530 e. The lowest BCUT2D eigenvalue weighted by atomic mass is 10.1. The summed E-state index contributed by atoms with van der Waals surface area (Å²) >= 11 is 10.8. The van der Waals surface area contributed by atoms with Crippen molar-refractivity contribution in [3.8, 4) is 18.1 Å². The first-order valence-corrected chi connectivity index (χ1v) is 11.1. The van der Waals surface area contributed by atoms with Gasteiger partial charge in [-0.1, -0.05) is 17.5 Å². The number of hydrogen-bond donors (Lipinski definition) is 3. The van der Waals surface area contributed by atoms with E-state index in [2.05, 4.69) is 4.98 Å². The average molecular weight is 506 g/mol. The van der Waals surface area contributed by atoms with Gasteiger partial charge < -0.3 is 19.5 Å². The first kappa shape index (κ1) is 21.8. The van der Waals surface area contributed by atoms with Crippen molar-refractivity contribution in [2.45, 2.75) is 30.9 Å². The molecule has 1 aromatic carbocycles. The van der Waals surface area contributed by atoms with E-state index >= 15 is 4.39 Å². The molecule has 0 spiro atoms. The van der Waals surface area contributed by atoms with Crippen LogP contribution in [0.4, 0.5) is 4.39 Å². The Balaban J connectivity index is 1.58. The summed E-state index contributed by atoms with van der Waals surface area (Å²) in [5.41, 5.74) is -0.570. The van der Waals surface area contributed by atoms with Gasteiger partial charge in [-0.15, -0.1) is 6.42 Å². The van der Waals surface area contributed by atoms with Gasteiger partial charge in [-0.25, -0.2) is 8.96 Å². The molecule has 2 aliphatic rings. The number of halogens is 2. The Morgan fingerprint density at radius 3 is 3.03 bits per heavy atom. The first-order chi connectivity index (χ1) is 15.4. The number of H-pyrrole nitrogens is 1. The molecule has 0 bridgehead atoms. The topological polar surface area (TPSA) is 132 Å². The molecule has 0 radical (unpaired) electrons. The van der Waals surface area contributed by atoms with E-state index in [9.17, 15) is 19.6 Å². The Kier molecular flexibility index (Phi) is 5.69. The summed E-state index contributed by atoms with van der Waals surface area (Å²) in [5.74, 6) is -1.08. The maximum atomic E-state index is 15.5. The average Bonchev–Trinajstić information content (AvgIpc) is 2.94. The van der Waals surface area contributed by atoms with Crippen molar-refractivity contribution in [3.05, 3.63) is 55.7 Å². The molecule has 14 heteroatoms. The Bertz CT molecular complexity index is 1330. The fraction of sp³-hybridized carbons (Fsp3) is 0.333. The van der Waals surface area contributed by atoms with E-state index in [1.807, 2.05) is 5.92 Å². The van der Waals surface area contributed by atoms with Crippen LogP contribution in [0.3, 0.4) is 0 Å². The molecule has 170 valence electrons. The van der Waals surface area contributed by atoms with Crippen LogP contribution in [-0.4, -0.2) is 44.4 Å². The van der Waals surface area contributed by atoms with Crippen molar-refractivity contribution in [1.29, 1.82) is 0 Å². The van der Waals surface area contributed by atoms with Crippen molar-refractivity contribution >= 4 is 31.6 Å². The molecule has 4 rings (SSSR count). The number of nitrogens with zero attached hydrogens (tertiary/aromatic N) is 1. The third-order valence-electron chi connectivity index (χ3n) is 4.63. The minimum Gasteiger partial charge on any atom is -0.404 e. The van der Waals surface area contributed by atoms with Gasteiger partial charge in [0.15, 0.2) is 11.0 Å². The van der Waals surface area contributed by atoms with Gasteiger partial charge >= 0.3 is 7.82 Å². The fourth-order valence-electron chi connectivity index (χ4n) is 2.99. The molecule has 5 atom stereocenters. The summed E-state index contributed by atoms with van der Waals surface area (Å²) in [6, 6.07) is 4.41. The lowest BCUT2D eigenvalue weighted by molar-refractivity contribution is -0.205. The summed E-state index contributed by atoms with van der Waals surface area (Å²) in [6.07, 6.45) is -1.24. The third kappa shape index (κ3) is 4.14. The smallest absolute Gasteiger partial charge is 0.404 e. The molecule has 2 aromatic rings. The lowest BCUT2D eigenvalue weighted by Gasteiger charge is -2.28. The molecule has 10 nitrogen and oxygen atoms in total. The first-order valence-electron chi connectivity index (χ1n) is 9.36. The van der Waals surface area contributed by atoms with Crippen LogP contribution in [0.15, 0.2) is 29.2 Å². The van der Waals surface area contributed by atoms with Crippen LogP contribution >= 0.6 is 31.6 Å². The molecule has 0 saturated carbocycles. The van der Waals surface area contributed by atoms with E-state index in [0.717, 1.165) is 6.20 Å². The lowest BCUT2D eigenvalue weighted by Crippen LogP contribution is -2.43. The molecule has 1 fully saturated rings. The van der Waals surface area contributed by atoms with Crippen LogP contribution in [0.2, 0.25) is 5.02 Å². The highest BCUT2D eigenvalue weighted by Gasteiger charge is 2.57. The van der Waals surface area contributed by atoms with Crippen molar-refractivity contribution in [3.63, 3.8) is 0 Å². The third-order valence-corrected chi connectivity index (χ3v) is 6.48. The molecular weight excluding hydrogens is 490 g/mol. The normalized spacial score (nSPS) is 34.3. The summed E-state index contributed by atoms with van der Waals surface area (Å²) in [4.78, 5) is 13.9. The summed E-state index contributed by atoms with van der Waals surface area (Å²) in [5, 5.41) is 21.1. The second-order valence-electron chi connectivity index (χ2n) is 6.77. The molecule has 32 heavy (non-hydrogen) atoms. The summed E-state index contributed by atoms with van der Waals surface area (Å²) in [7, 11) is -4.36. The van der Waals surface area contributed by atoms with Crippen LogP contribution in [0.25, 0.3) is 0 Å². The summed E-state index contributed by atoms with van der Waals surface area (Å²) in [6.45, 7) is -1.48. The zero-order valence-electron chi connectivity index (χ0n) is 16.9. The largest absolute Gasteiger partial charge is 0.530 e. The van der Waals surface area contributed by atoms with Crippen molar-refractivity contribution < 1.29 is 38.8 Å². The molecule has 1 aromatic heterocycles. The van der Waals surface area contributed by atoms with Gasteiger partial charge in [0.2, 0.25) is 0 Å². The molecule has 2 aliphatic heterocycles. The van der Waals surface area contributed by atoms with Crippen LogP contribution in [0, 0.1) is 17.1 Å². The summed E-state index contributed by atoms with van der Waals surface area (Å²) < 4.78 is 57.2. The minimum atomic E-state index is -4.36. The highest BCUT2D eigenvalue weighted by molar-refractivity contribution is 7.71. The number of phosphoric ester groups is 1. The van der Waals surface area contributed by atoms with Crippen LogP contribution in [-0.2, 0) is 25.0 Å². The highest BCUT2D eigenvalue weighted by Crippen LogP contribution is 2.56. The number of rotatable bonds is 4. The second kappa shape index (κ2) is 8.37. The Morgan fingerprint density at radius 2 is 2.31 bits per heavy atom. The van der Waals surface area contributed by atoms with Crippen molar-refractivity contribution in [2.24, 2.45) is 0 Å². The van der Waals surface area contributed by atoms with Gasteiger partial charge in [-0.05, 0) is 30.4 Å². The molecule has 0 aliphatic carbocycles. The number of fused-ring (bicyclic) bond motifs is 1. The van der Waals surface area contributed by atoms with E-state index < -0.39 is 49.0 Å². The maximum absolute atomic E-state index is 15.5. The van der Waals surface area contributed by atoms with Crippen LogP contribution < -0.4 is 10.1 Å². The number of terminal acetylenes is 1. The fourth-order valence-corrected chi connectivity index (χ4v) is 4.65. The van der Waals surface area contributed by atoms with E-state index in [4.69, 9.17) is 49.9 Å². The number of nitrogens with one attached hydrogen (secondary N) is 1. The zero-order valence-corrected chi connectivity index (χ0v) is 18.3. The second-order valence-corrected chi connectivity index (χ2v) is 9.19. The van der Waals surface area contributed by atoms with Crippen molar-refractivity contribution in [1.82, 2.24) is 9.55 Å². The monoisotopic (exact) mass is 505 g/mol. The number of aromatic amines is 1. The Morgan fingerprint density at radius 1 is 1.56 bits per heavy atom. The van der Waals surface area contributed by atoms with Crippen LogP contribution in [0.5, 0.6) is 5.75 Å². The van der Waals surface area contributed by atoms with E-state index in [0.29, 0.717) is 15.2 Å². The van der Waals surface area contributed by atoms with E-state index in [1.54, 1.807) is 0 Å². The van der Waals surface area contributed by atoms with Gasteiger partial charge in [0, 0.05) is 16.8 Å². The Labute approximate surface area is 191 Å². The number of phosphoric acid groups is 1. The van der Waals surface area contributed by atoms with Gasteiger partial charge in [0.05, 0.1) is 7.98 Å². The predicted molar refractivity (Wildman–Crippen MR) is 110 cm³/mol. The molecule has 3 heterocycles. The number of ether oxygens (including phenoxy) is 1. The molecular formula is C18H15ClFN2O8PS. The molecule has 0 amide bonds. The van der Waals surface area contributed by atoms with E-state index in [-0.39, 0.29) is 17.9 Å². The standard InChI is InChI=1S/C18H15ClFN2O8PS/c1-2-9-6-22(17(32)21-15(9)25)16-13(23)14(24)18(20,29-16)8-28-31(26)27-7-10-5-11(19)3-4-12(10)30-31/h1,3-6,13-14,16,23-24H,7-8H2,(H,21,25,32)/t13-,14+,16-,18-,31?/m1/s1/i16D. The number of benzene rings is 1. The van der Waals surface area contributed by atoms with E-state index in [1.165, 1.54) is 18.2 Å². The van der Waals surface area contributed by atoms with Gasteiger partial charge in [-0.3, -0.25) is 23.4 Å². The quantitative estimate of drug-likeness (QED) is 0.325.